The van der Waals surface area contributed by atoms with E-state index in [1.165, 1.54) is 6.42 Å². The van der Waals surface area contributed by atoms with Crippen molar-refractivity contribution in [1.82, 2.24) is 5.32 Å². The van der Waals surface area contributed by atoms with Crippen molar-refractivity contribution < 1.29 is 14.6 Å². The van der Waals surface area contributed by atoms with Gasteiger partial charge in [-0.05, 0) is 25.3 Å². The van der Waals surface area contributed by atoms with Gasteiger partial charge in [-0.2, -0.15) is 0 Å². The van der Waals surface area contributed by atoms with E-state index in [0.29, 0.717) is 18.3 Å². The number of rotatable bonds is 5. The molecule has 0 radical (unpaired) electrons. The molecule has 0 spiro atoms. The molecule has 1 aromatic carbocycles. The number of nitrogens with one attached hydrogen (secondary N) is 1. The first-order valence-electron chi connectivity index (χ1n) is 6.37. The Morgan fingerprint density at radius 2 is 2.17 bits per heavy atom. The lowest BCUT2D eigenvalue weighted by molar-refractivity contribution is 0.0846. The summed E-state index contributed by atoms with van der Waals surface area (Å²) in [5.74, 6) is 0.739. The second-order valence-electron chi connectivity index (χ2n) is 4.66. The van der Waals surface area contributed by atoms with Crippen LogP contribution in [0.4, 0.5) is 0 Å². The van der Waals surface area contributed by atoms with E-state index in [0.717, 1.165) is 18.4 Å². The fourth-order valence-corrected chi connectivity index (χ4v) is 2.56. The largest absolute Gasteiger partial charge is 0.504 e. The number of methoxy groups -OCH3 is 2. The number of phenols is 1. The van der Waals surface area contributed by atoms with Crippen molar-refractivity contribution in [3.8, 4) is 11.5 Å². The number of aromatic hydroxyl groups is 1. The minimum atomic E-state index is 0.222. The molecule has 1 saturated carbocycles. The minimum Gasteiger partial charge on any atom is -0.504 e. The Morgan fingerprint density at radius 1 is 1.33 bits per heavy atom. The SMILES string of the molecule is COc1cccc(CNC2CCCC2OC)c1O. The van der Waals surface area contributed by atoms with E-state index in [1.54, 1.807) is 20.3 Å². The second-order valence-corrected chi connectivity index (χ2v) is 4.66. The van der Waals surface area contributed by atoms with Crippen LogP contribution in [0.2, 0.25) is 0 Å². The summed E-state index contributed by atoms with van der Waals surface area (Å²) in [5.41, 5.74) is 0.858. The molecule has 2 unspecified atom stereocenters. The summed E-state index contributed by atoms with van der Waals surface area (Å²) in [6.45, 7) is 0.633. The van der Waals surface area contributed by atoms with Gasteiger partial charge in [0, 0.05) is 25.3 Å². The van der Waals surface area contributed by atoms with Gasteiger partial charge < -0.3 is 19.9 Å². The molecule has 2 atom stereocenters. The van der Waals surface area contributed by atoms with Crippen LogP contribution < -0.4 is 10.1 Å². The van der Waals surface area contributed by atoms with Crippen molar-refractivity contribution in [3.63, 3.8) is 0 Å². The predicted octanol–water partition coefficient (Wildman–Crippen LogP) is 2.06. The first-order valence-corrected chi connectivity index (χ1v) is 6.37. The first-order chi connectivity index (χ1) is 8.76. The summed E-state index contributed by atoms with van der Waals surface area (Å²) in [6.07, 6.45) is 3.72. The van der Waals surface area contributed by atoms with Gasteiger partial charge in [-0.25, -0.2) is 0 Å². The zero-order valence-electron chi connectivity index (χ0n) is 11.0. The molecule has 0 saturated heterocycles. The van der Waals surface area contributed by atoms with Gasteiger partial charge in [0.2, 0.25) is 0 Å². The highest BCUT2D eigenvalue weighted by atomic mass is 16.5. The fraction of sp³-hybridized carbons (Fsp3) is 0.571. The third-order valence-electron chi connectivity index (χ3n) is 3.61. The van der Waals surface area contributed by atoms with E-state index >= 15 is 0 Å². The van der Waals surface area contributed by atoms with Crippen molar-refractivity contribution in [2.45, 2.75) is 38.0 Å². The number of hydrogen-bond donors (Lipinski definition) is 2. The van der Waals surface area contributed by atoms with Gasteiger partial charge in [-0.3, -0.25) is 0 Å². The van der Waals surface area contributed by atoms with Crippen LogP contribution in [0.1, 0.15) is 24.8 Å². The number of phenolic OH excluding ortho intramolecular Hbond substituents is 1. The van der Waals surface area contributed by atoms with Gasteiger partial charge in [0.15, 0.2) is 11.5 Å². The second kappa shape index (κ2) is 6.07. The molecule has 1 aliphatic carbocycles. The standard InChI is InChI=1S/C14H21NO3/c1-17-12-7-4-6-11(12)15-9-10-5-3-8-13(18-2)14(10)16/h3,5,8,11-12,15-16H,4,6-7,9H2,1-2H3. The highest BCUT2D eigenvalue weighted by molar-refractivity contribution is 5.45. The smallest absolute Gasteiger partial charge is 0.162 e. The quantitative estimate of drug-likeness (QED) is 0.841. The van der Waals surface area contributed by atoms with Crippen LogP contribution in [0.25, 0.3) is 0 Å². The molecular formula is C14H21NO3. The Hall–Kier alpha value is -1.26. The van der Waals surface area contributed by atoms with Crippen LogP contribution in [0, 0.1) is 0 Å². The highest BCUT2D eigenvalue weighted by Crippen LogP contribution is 2.30. The van der Waals surface area contributed by atoms with Crippen molar-refractivity contribution in [2.75, 3.05) is 14.2 Å². The topological polar surface area (TPSA) is 50.7 Å². The average molecular weight is 251 g/mol. The van der Waals surface area contributed by atoms with E-state index in [1.807, 2.05) is 12.1 Å². The summed E-state index contributed by atoms with van der Waals surface area (Å²) in [6, 6.07) is 5.92. The van der Waals surface area contributed by atoms with Gasteiger partial charge in [0.05, 0.1) is 13.2 Å². The molecule has 0 heterocycles. The molecule has 18 heavy (non-hydrogen) atoms. The Balaban J connectivity index is 1.98. The van der Waals surface area contributed by atoms with Crippen molar-refractivity contribution in [3.05, 3.63) is 23.8 Å². The monoisotopic (exact) mass is 251 g/mol. The molecule has 2 N–H and O–H groups in total. The number of para-hydroxylation sites is 1. The molecule has 4 heteroatoms. The van der Waals surface area contributed by atoms with E-state index in [2.05, 4.69) is 5.32 Å². The van der Waals surface area contributed by atoms with E-state index in [4.69, 9.17) is 9.47 Å². The molecule has 4 nitrogen and oxygen atoms in total. The Morgan fingerprint density at radius 3 is 2.89 bits per heavy atom. The van der Waals surface area contributed by atoms with Gasteiger partial charge in [0.1, 0.15) is 0 Å². The van der Waals surface area contributed by atoms with E-state index in [-0.39, 0.29) is 11.9 Å². The first kappa shape index (κ1) is 13.2. The number of ether oxygens (including phenoxy) is 2. The fourth-order valence-electron chi connectivity index (χ4n) is 2.56. The van der Waals surface area contributed by atoms with Gasteiger partial charge in [0.25, 0.3) is 0 Å². The zero-order valence-corrected chi connectivity index (χ0v) is 11.0. The van der Waals surface area contributed by atoms with Crippen LogP contribution in [-0.4, -0.2) is 31.5 Å². The summed E-state index contributed by atoms with van der Waals surface area (Å²) < 4.78 is 10.5. The van der Waals surface area contributed by atoms with Gasteiger partial charge >= 0.3 is 0 Å². The van der Waals surface area contributed by atoms with Gasteiger partial charge in [-0.15, -0.1) is 0 Å². The minimum absolute atomic E-state index is 0.222. The molecule has 0 aliphatic heterocycles. The summed E-state index contributed by atoms with van der Waals surface area (Å²) >= 11 is 0. The summed E-state index contributed by atoms with van der Waals surface area (Å²) in [5, 5.41) is 13.4. The maximum absolute atomic E-state index is 9.99. The van der Waals surface area contributed by atoms with Crippen LogP contribution >= 0.6 is 0 Å². The lowest BCUT2D eigenvalue weighted by Crippen LogP contribution is -2.36. The predicted molar refractivity (Wildman–Crippen MR) is 69.9 cm³/mol. The Bertz CT molecular complexity index is 395. The van der Waals surface area contributed by atoms with Crippen LogP contribution in [0.3, 0.4) is 0 Å². The number of benzene rings is 1. The molecular weight excluding hydrogens is 230 g/mol. The van der Waals surface area contributed by atoms with Crippen LogP contribution in [-0.2, 0) is 11.3 Å². The van der Waals surface area contributed by atoms with Gasteiger partial charge in [-0.1, -0.05) is 12.1 Å². The molecule has 0 aromatic heterocycles. The average Bonchev–Trinajstić information content (AvgIpc) is 2.85. The normalized spacial score (nSPS) is 23.2. The summed E-state index contributed by atoms with van der Waals surface area (Å²) in [7, 11) is 3.32. The molecule has 0 amide bonds. The molecule has 1 fully saturated rings. The Labute approximate surface area is 108 Å². The molecule has 2 rings (SSSR count). The molecule has 0 bridgehead atoms. The van der Waals surface area contributed by atoms with Crippen molar-refractivity contribution >= 4 is 0 Å². The third-order valence-corrected chi connectivity index (χ3v) is 3.61. The van der Waals surface area contributed by atoms with E-state index < -0.39 is 0 Å². The molecule has 1 aliphatic rings. The molecule has 1 aromatic rings. The van der Waals surface area contributed by atoms with Crippen LogP contribution in [0.5, 0.6) is 11.5 Å². The highest BCUT2D eigenvalue weighted by Gasteiger charge is 2.26. The van der Waals surface area contributed by atoms with Crippen molar-refractivity contribution in [1.29, 1.82) is 0 Å². The maximum atomic E-state index is 9.99. The molecule has 100 valence electrons. The lowest BCUT2D eigenvalue weighted by atomic mass is 10.1. The van der Waals surface area contributed by atoms with Crippen molar-refractivity contribution in [2.24, 2.45) is 0 Å². The number of hydrogen-bond acceptors (Lipinski definition) is 4. The summed E-state index contributed by atoms with van der Waals surface area (Å²) in [4.78, 5) is 0. The Kier molecular flexibility index (Phi) is 4.44. The lowest BCUT2D eigenvalue weighted by Gasteiger charge is -2.20. The zero-order chi connectivity index (χ0) is 13.0. The third kappa shape index (κ3) is 2.76. The van der Waals surface area contributed by atoms with Crippen LogP contribution in [0.15, 0.2) is 18.2 Å². The maximum Gasteiger partial charge on any atom is 0.162 e. The van der Waals surface area contributed by atoms with E-state index in [9.17, 15) is 5.11 Å².